The smallest absolute Gasteiger partial charge is 0.318 e. The second-order valence-electron chi connectivity index (χ2n) is 17.2. The molecular formula is C45H50F2N2O4. The van der Waals surface area contributed by atoms with Crippen LogP contribution in [0.15, 0.2) is 103 Å². The van der Waals surface area contributed by atoms with Crippen LogP contribution in [0.2, 0.25) is 0 Å². The van der Waals surface area contributed by atoms with Gasteiger partial charge in [0.15, 0.2) is 17.4 Å². The fourth-order valence-electron chi connectivity index (χ4n) is 11.8. The number of nitrogens with one attached hydrogen (secondary N) is 1. The molecule has 0 radical (unpaired) electrons. The summed E-state index contributed by atoms with van der Waals surface area (Å²) in [6.45, 7) is 6.82. The summed E-state index contributed by atoms with van der Waals surface area (Å²) in [5.74, 6) is -2.54. The molecule has 3 fully saturated rings. The van der Waals surface area contributed by atoms with Crippen LogP contribution >= 0.6 is 0 Å². The largest absolute Gasteiger partial charge is 0.393 e. The first-order valence-electron chi connectivity index (χ1n) is 19.2. The Morgan fingerprint density at radius 3 is 2.25 bits per heavy atom. The molecule has 3 N–H and O–H groups in total. The van der Waals surface area contributed by atoms with E-state index < -0.39 is 39.6 Å². The number of halogens is 2. The van der Waals surface area contributed by atoms with Gasteiger partial charge in [-0.05, 0) is 98.4 Å². The molecule has 278 valence electrons. The van der Waals surface area contributed by atoms with Crippen LogP contribution in [0.1, 0.15) is 93.2 Å². The predicted octanol–water partition coefficient (Wildman–Crippen LogP) is 8.71. The Bertz CT molecular complexity index is 1990. The van der Waals surface area contributed by atoms with Gasteiger partial charge in [-0.2, -0.15) is 0 Å². The van der Waals surface area contributed by atoms with Crippen molar-refractivity contribution < 1.29 is 28.6 Å². The minimum atomic E-state index is -1.28. The lowest BCUT2D eigenvalue weighted by molar-refractivity contribution is -0.174. The van der Waals surface area contributed by atoms with E-state index in [1.807, 2.05) is 67.6 Å². The molecule has 2 spiro atoms. The third-order valence-corrected chi connectivity index (χ3v) is 14.7. The van der Waals surface area contributed by atoms with Crippen LogP contribution in [0, 0.1) is 45.1 Å². The van der Waals surface area contributed by atoms with E-state index in [1.165, 1.54) is 6.07 Å². The minimum Gasteiger partial charge on any atom is -0.393 e. The van der Waals surface area contributed by atoms with Gasteiger partial charge in [-0.15, -0.1) is 0 Å². The predicted molar refractivity (Wildman–Crippen MR) is 199 cm³/mol. The molecule has 3 aromatic rings. The van der Waals surface area contributed by atoms with Gasteiger partial charge in [-0.25, -0.2) is 13.6 Å². The van der Waals surface area contributed by atoms with Gasteiger partial charge >= 0.3 is 6.03 Å². The van der Waals surface area contributed by atoms with E-state index >= 15 is 0 Å². The molecule has 8 heteroatoms. The number of aliphatic hydroxyl groups excluding tert-OH is 1. The molecule has 0 aromatic heterocycles. The lowest BCUT2D eigenvalue weighted by Crippen LogP contribution is -2.67. The summed E-state index contributed by atoms with van der Waals surface area (Å²) >= 11 is 0. The van der Waals surface area contributed by atoms with Crippen molar-refractivity contribution in [2.24, 2.45) is 33.5 Å². The molecule has 6 aliphatic carbocycles. The number of urea groups is 1. The molecular weight excluding hydrogens is 671 g/mol. The van der Waals surface area contributed by atoms with Gasteiger partial charge < -0.3 is 20.4 Å². The standard InChI is InChI=1S/C45H50F2N2O4/c1-29(31-12-8-5-9-13-31)48-40(52)49(27-30-10-6-4-7-11-30)28-44(53)21-18-38-42(44,3)20-17-37-41(2)19-16-33(50)25-43(41)22-23-45(37,38)34(26-43)39(51)32-14-15-35(46)36(47)24-32/h4-15,22-24,26,29,33,37-38,50,53H,16-21,25,27-28H2,1-3H3,(H,48,52)/t29-,33?,37-,38-,41-,42+,43+,44-,45-/m1/s1. The summed E-state index contributed by atoms with van der Waals surface area (Å²) in [7, 11) is 0. The van der Waals surface area contributed by atoms with Crippen LogP contribution in [0.3, 0.4) is 0 Å². The number of Topliss-reactive ketones (excluding diaryl/α,β-unsaturated/α-hetero) is 1. The Balaban J connectivity index is 1.18. The van der Waals surface area contributed by atoms with E-state index in [-0.39, 0.29) is 47.2 Å². The number of allylic oxidation sites excluding steroid dienone is 4. The molecule has 3 aromatic carbocycles. The van der Waals surface area contributed by atoms with Gasteiger partial charge in [-0.1, -0.05) is 92.7 Å². The average Bonchev–Trinajstić information content (AvgIpc) is 3.42. The van der Waals surface area contributed by atoms with Gasteiger partial charge in [-0.3, -0.25) is 4.79 Å². The van der Waals surface area contributed by atoms with Crippen molar-refractivity contribution in [2.75, 3.05) is 6.54 Å². The van der Waals surface area contributed by atoms with Crippen molar-refractivity contribution in [2.45, 2.75) is 90.0 Å². The minimum absolute atomic E-state index is 0.0395. The number of hydrogen-bond acceptors (Lipinski definition) is 4. The van der Waals surface area contributed by atoms with Crippen LogP contribution in [0.5, 0.6) is 0 Å². The number of amides is 2. The summed E-state index contributed by atoms with van der Waals surface area (Å²) in [5, 5.41) is 27.2. The number of carbonyl (C=O) groups is 2. The highest BCUT2D eigenvalue weighted by molar-refractivity contribution is 6.10. The van der Waals surface area contributed by atoms with Crippen molar-refractivity contribution in [3.8, 4) is 0 Å². The van der Waals surface area contributed by atoms with Crippen molar-refractivity contribution in [3.63, 3.8) is 0 Å². The van der Waals surface area contributed by atoms with Crippen LogP contribution in [-0.4, -0.2) is 45.2 Å². The zero-order valence-electron chi connectivity index (χ0n) is 30.8. The van der Waals surface area contributed by atoms with Crippen LogP contribution < -0.4 is 5.32 Å². The van der Waals surface area contributed by atoms with Crippen molar-refractivity contribution in [3.05, 3.63) is 131 Å². The first-order chi connectivity index (χ1) is 25.3. The number of aliphatic hydroxyl groups is 2. The van der Waals surface area contributed by atoms with E-state index in [4.69, 9.17) is 0 Å². The highest BCUT2D eigenvalue weighted by Crippen LogP contribution is 2.78. The van der Waals surface area contributed by atoms with Crippen molar-refractivity contribution >= 4 is 11.8 Å². The zero-order chi connectivity index (χ0) is 37.4. The number of rotatable bonds is 8. The molecule has 6 aliphatic rings. The van der Waals surface area contributed by atoms with E-state index in [1.54, 1.807) is 4.90 Å². The number of carbonyl (C=O) groups excluding carboxylic acids is 2. The highest BCUT2D eigenvalue weighted by Gasteiger charge is 2.74. The molecule has 0 aliphatic heterocycles. The van der Waals surface area contributed by atoms with Crippen molar-refractivity contribution in [1.29, 1.82) is 0 Å². The normalized spacial score (nSPS) is 35.8. The van der Waals surface area contributed by atoms with Crippen molar-refractivity contribution in [1.82, 2.24) is 10.2 Å². The van der Waals surface area contributed by atoms with Gasteiger partial charge in [0, 0.05) is 33.9 Å². The van der Waals surface area contributed by atoms with E-state index in [2.05, 4.69) is 37.4 Å². The number of benzene rings is 3. The third kappa shape index (κ3) is 5.37. The molecule has 0 saturated heterocycles. The quantitative estimate of drug-likeness (QED) is 0.161. The summed E-state index contributed by atoms with van der Waals surface area (Å²) in [5.41, 5.74) is -0.938. The summed E-state index contributed by atoms with van der Waals surface area (Å²) < 4.78 is 28.7. The number of fused-ring (bicyclic) bond motifs is 1. The fourth-order valence-corrected chi connectivity index (χ4v) is 11.8. The average molecular weight is 721 g/mol. The molecule has 3 saturated carbocycles. The topological polar surface area (TPSA) is 89.9 Å². The van der Waals surface area contributed by atoms with Gasteiger partial charge in [0.2, 0.25) is 0 Å². The first-order valence-corrected chi connectivity index (χ1v) is 19.2. The molecule has 9 rings (SSSR count). The highest BCUT2D eigenvalue weighted by atomic mass is 19.2. The van der Waals surface area contributed by atoms with Crippen LogP contribution in [0.25, 0.3) is 0 Å². The molecule has 2 bridgehead atoms. The molecule has 1 unspecified atom stereocenters. The van der Waals surface area contributed by atoms with Gasteiger partial charge in [0.05, 0.1) is 24.3 Å². The number of nitrogens with zero attached hydrogens (tertiary/aromatic N) is 1. The molecule has 6 nitrogen and oxygen atoms in total. The van der Waals surface area contributed by atoms with E-state index in [0.29, 0.717) is 44.2 Å². The van der Waals surface area contributed by atoms with Gasteiger partial charge in [0.25, 0.3) is 0 Å². The maximum Gasteiger partial charge on any atom is 0.318 e. The Hall–Kier alpha value is -4.14. The van der Waals surface area contributed by atoms with Crippen LogP contribution in [0.4, 0.5) is 13.6 Å². The Morgan fingerprint density at radius 2 is 1.53 bits per heavy atom. The number of ketones is 1. The molecule has 2 amide bonds. The Morgan fingerprint density at radius 1 is 0.868 bits per heavy atom. The number of hydrogen-bond donors (Lipinski definition) is 3. The third-order valence-electron chi connectivity index (χ3n) is 14.7. The molecule has 9 atom stereocenters. The molecule has 0 heterocycles. The second-order valence-corrected chi connectivity index (χ2v) is 17.2. The second kappa shape index (κ2) is 12.7. The Labute approximate surface area is 311 Å². The van der Waals surface area contributed by atoms with Crippen LogP contribution in [-0.2, 0) is 6.54 Å². The van der Waals surface area contributed by atoms with Gasteiger partial charge in [0.1, 0.15) is 0 Å². The summed E-state index contributed by atoms with van der Waals surface area (Å²) in [6.07, 6.45) is 10.5. The van der Waals surface area contributed by atoms with E-state index in [0.717, 1.165) is 36.1 Å². The maximum absolute atomic E-state index is 14.7. The zero-order valence-corrected chi connectivity index (χ0v) is 30.8. The Kier molecular flexibility index (Phi) is 8.61. The lowest BCUT2D eigenvalue weighted by Gasteiger charge is -2.71. The lowest BCUT2D eigenvalue weighted by atomic mass is 9.32. The molecule has 53 heavy (non-hydrogen) atoms. The monoisotopic (exact) mass is 720 g/mol. The summed E-state index contributed by atoms with van der Waals surface area (Å²) in [6, 6.07) is 22.4. The maximum atomic E-state index is 14.7. The van der Waals surface area contributed by atoms with E-state index in [9.17, 15) is 28.6 Å². The fraction of sp³-hybridized carbons (Fsp3) is 0.467. The summed E-state index contributed by atoms with van der Waals surface area (Å²) in [4.78, 5) is 30.7. The SMILES string of the molecule is C[C@@H](NC(=O)N(Cc1ccccc1)C[C@]1(O)CC[C@H]2[C@]34C=C[C@@]5(C=C3C(=O)c3ccc(F)c(F)c3)CC(O)CC[C@]5(C)[C@H]4CC[C@@]21C)c1ccccc1. The first kappa shape index (κ1) is 35.9.